The molecular formula is C19H24ClN3O2. The van der Waals surface area contributed by atoms with E-state index in [-0.39, 0.29) is 5.91 Å². The van der Waals surface area contributed by atoms with Crippen molar-refractivity contribution in [3.63, 3.8) is 0 Å². The van der Waals surface area contributed by atoms with E-state index in [0.717, 1.165) is 24.8 Å². The second kappa shape index (κ2) is 7.18. The molecule has 0 unspecified atom stereocenters. The highest BCUT2D eigenvalue weighted by molar-refractivity contribution is 6.30. The quantitative estimate of drug-likeness (QED) is 0.871. The molecule has 0 atom stereocenters. The smallest absolute Gasteiger partial charge is 0.271 e. The van der Waals surface area contributed by atoms with Crippen LogP contribution in [0.1, 0.15) is 43.6 Å². The molecule has 1 amide bonds. The predicted octanol–water partition coefficient (Wildman–Crippen LogP) is 3.74. The van der Waals surface area contributed by atoms with Crippen LogP contribution in [-0.4, -0.2) is 44.8 Å². The Hall–Kier alpha value is -1.85. The van der Waals surface area contributed by atoms with E-state index in [9.17, 15) is 9.90 Å². The fourth-order valence-corrected chi connectivity index (χ4v) is 3.63. The van der Waals surface area contributed by atoms with E-state index in [1.165, 1.54) is 0 Å². The lowest BCUT2D eigenvalue weighted by Crippen LogP contribution is -2.40. The minimum Gasteiger partial charge on any atom is -0.390 e. The Balaban J connectivity index is 1.63. The number of carbonyl (C=O) groups is 1. The first-order chi connectivity index (χ1) is 11.8. The number of halogens is 1. The molecule has 5 nitrogen and oxygen atoms in total. The summed E-state index contributed by atoms with van der Waals surface area (Å²) in [6.45, 7) is 5.11. The van der Waals surface area contributed by atoms with Crippen LogP contribution < -0.4 is 0 Å². The molecule has 1 aliphatic rings. The molecule has 0 aliphatic carbocycles. The first-order valence-electron chi connectivity index (χ1n) is 8.65. The number of hydrogen-bond donors (Lipinski definition) is 2. The number of aromatic amines is 1. The van der Waals surface area contributed by atoms with Crippen LogP contribution in [0.2, 0.25) is 5.02 Å². The van der Waals surface area contributed by atoms with E-state index >= 15 is 0 Å². The summed E-state index contributed by atoms with van der Waals surface area (Å²) >= 11 is 6.01. The number of rotatable bonds is 4. The molecule has 0 saturated carbocycles. The van der Waals surface area contributed by atoms with Gasteiger partial charge < -0.3 is 10.0 Å². The van der Waals surface area contributed by atoms with Gasteiger partial charge >= 0.3 is 0 Å². The van der Waals surface area contributed by atoms with Crippen molar-refractivity contribution >= 4 is 17.5 Å². The lowest BCUT2D eigenvalue weighted by atomic mass is 9.86. The highest BCUT2D eigenvalue weighted by atomic mass is 35.5. The van der Waals surface area contributed by atoms with Gasteiger partial charge in [0.2, 0.25) is 0 Å². The summed E-state index contributed by atoms with van der Waals surface area (Å²) in [5, 5.41) is 17.7. The van der Waals surface area contributed by atoms with Crippen molar-refractivity contribution in [2.75, 3.05) is 13.1 Å². The minimum atomic E-state index is -0.647. The van der Waals surface area contributed by atoms with Crippen LogP contribution in [0.15, 0.2) is 30.3 Å². The normalized spacial score (nSPS) is 16.2. The third kappa shape index (κ3) is 4.61. The van der Waals surface area contributed by atoms with Gasteiger partial charge in [-0.25, -0.2) is 0 Å². The molecule has 2 aromatic rings. The predicted molar refractivity (Wildman–Crippen MR) is 98.6 cm³/mol. The lowest BCUT2D eigenvalue weighted by Gasteiger charge is -2.34. The summed E-state index contributed by atoms with van der Waals surface area (Å²) in [6, 6.07) is 9.19. The molecule has 3 rings (SSSR count). The second-order valence-corrected chi connectivity index (χ2v) is 7.87. The third-order valence-electron chi connectivity index (χ3n) is 4.62. The SMILES string of the molecule is CC(C)(O)CC1CCN(C(=O)c2cc(-c3cccc(Cl)c3)n[nH]2)CC1. The molecular weight excluding hydrogens is 338 g/mol. The number of nitrogens with zero attached hydrogens (tertiary/aromatic N) is 2. The zero-order valence-electron chi connectivity index (χ0n) is 14.6. The van der Waals surface area contributed by atoms with Gasteiger partial charge in [-0.2, -0.15) is 5.10 Å². The van der Waals surface area contributed by atoms with Gasteiger partial charge in [0.05, 0.1) is 11.3 Å². The Morgan fingerprint density at radius 3 is 2.72 bits per heavy atom. The van der Waals surface area contributed by atoms with Crippen LogP contribution in [0.3, 0.4) is 0 Å². The van der Waals surface area contributed by atoms with Crippen LogP contribution in [0.4, 0.5) is 0 Å². The summed E-state index contributed by atoms with van der Waals surface area (Å²) in [5.74, 6) is 0.440. The Kier molecular flexibility index (Phi) is 5.16. The number of piperidine rings is 1. The van der Waals surface area contributed by atoms with Crippen molar-refractivity contribution in [1.82, 2.24) is 15.1 Å². The van der Waals surface area contributed by atoms with Crippen molar-refractivity contribution in [3.8, 4) is 11.3 Å². The summed E-state index contributed by atoms with van der Waals surface area (Å²) in [6.07, 6.45) is 2.62. The van der Waals surface area contributed by atoms with Gasteiger partial charge in [-0.05, 0) is 57.2 Å². The molecule has 0 radical (unpaired) electrons. The summed E-state index contributed by atoms with van der Waals surface area (Å²) in [7, 11) is 0. The molecule has 1 aromatic carbocycles. The fraction of sp³-hybridized carbons (Fsp3) is 0.474. The van der Waals surface area contributed by atoms with Gasteiger partial charge in [0.25, 0.3) is 5.91 Å². The summed E-state index contributed by atoms with van der Waals surface area (Å²) in [5.41, 5.74) is 1.44. The number of benzene rings is 1. The monoisotopic (exact) mass is 361 g/mol. The zero-order valence-corrected chi connectivity index (χ0v) is 15.4. The molecule has 1 aliphatic heterocycles. The minimum absolute atomic E-state index is 0.0255. The number of amides is 1. The van der Waals surface area contributed by atoms with E-state index in [2.05, 4.69) is 10.2 Å². The van der Waals surface area contributed by atoms with Crippen molar-refractivity contribution in [3.05, 3.63) is 41.0 Å². The maximum absolute atomic E-state index is 12.7. The zero-order chi connectivity index (χ0) is 18.0. The third-order valence-corrected chi connectivity index (χ3v) is 4.85. The van der Waals surface area contributed by atoms with Gasteiger partial charge in [0, 0.05) is 23.7 Å². The molecule has 0 spiro atoms. The topological polar surface area (TPSA) is 69.2 Å². The number of H-pyrrole nitrogens is 1. The molecule has 0 bridgehead atoms. The van der Waals surface area contributed by atoms with Crippen molar-refractivity contribution in [1.29, 1.82) is 0 Å². The van der Waals surface area contributed by atoms with Crippen molar-refractivity contribution in [2.45, 2.75) is 38.7 Å². The average Bonchev–Trinajstić information content (AvgIpc) is 3.03. The van der Waals surface area contributed by atoms with E-state index in [1.54, 1.807) is 6.07 Å². The number of likely N-dealkylation sites (tertiary alicyclic amines) is 1. The molecule has 134 valence electrons. The maximum Gasteiger partial charge on any atom is 0.271 e. The highest BCUT2D eigenvalue weighted by Crippen LogP contribution is 2.27. The van der Waals surface area contributed by atoms with Crippen molar-refractivity contribution < 1.29 is 9.90 Å². The molecule has 6 heteroatoms. The van der Waals surface area contributed by atoms with Crippen LogP contribution >= 0.6 is 11.6 Å². The number of aromatic nitrogens is 2. The summed E-state index contributed by atoms with van der Waals surface area (Å²) in [4.78, 5) is 14.5. The number of hydrogen-bond acceptors (Lipinski definition) is 3. The van der Waals surface area contributed by atoms with Gasteiger partial charge in [-0.1, -0.05) is 23.7 Å². The van der Waals surface area contributed by atoms with Gasteiger partial charge in [-0.15, -0.1) is 0 Å². The second-order valence-electron chi connectivity index (χ2n) is 7.43. The number of nitrogens with one attached hydrogen (secondary N) is 1. The molecule has 1 saturated heterocycles. The summed E-state index contributed by atoms with van der Waals surface area (Å²) < 4.78 is 0. The van der Waals surface area contributed by atoms with Crippen molar-refractivity contribution in [2.24, 2.45) is 5.92 Å². The lowest BCUT2D eigenvalue weighted by molar-refractivity contribution is 0.0357. The standard InChI is InChI=1S/C19H24ClN3O2/c1-19(2,25)12-13-6-8-23(9-7-13)18(24)17-11-16(21-22-17)14-4-3-5-15(20)10-14/h3-5,10-11,13,25H,6-9,12H2,1-2H3,(H,21,22). The number of carbonyl (C=O) groups excluding carboxylic acids is 1. The molecule has 2 heterocycles. The molecule has 1 fully saturated rings. The first kappa shape index (κ1) is 18.0. The maximum atomic E-state index is 12.7. The van der Waals surface area contributed by atoms with Gasteiger partial charge in [0.1, 0.15) is 5.69 Å². The van der Waals surface area contributed by atoms with Gasteiger partial charge in [0.15, 0.2) is 0 Å². The van der Waals surface area contributed by atoms with Gasteiger partial charge in [-0.3, -0.25) is 9.89 Å². The Morgan fingerprint density at radius 1 is 1.36 bits per heavy atom. The highest BCUT2D eigenvalue weighted by Gasteiger charge is 2.28. The molecule has 1 aromatic heterocycles. The van der Waals surface area contributed by atoms with Crippen LogP contribution in [0.5, 0.6) is 0 Å². The largest absolute Gasteiger partial charge is 0.390 e. The van der Waals surface area contributed by atoms with Crippen LogP contribution in [0.25, 0.3) is 11.3 Å². The van der Waals surface area contributed by atoms with E-state index < -0.39 is 5.60 Å². The number of aliphatic hydroxyl groups is 1. The van der Waals surface area contributed by atoms with E-state index in [4.69, 9.17) is 11.6 Å². The van der Waals surface area contributed by atoms with E-state index in [1.807, 2.05) is 43.0 Å². The Labute approximate surface area is 153 Å². The van der Waals surface area contributed by atoms with Crippen LogP contribution in [0, 0.1) is 5.92 Å². The molecule has 25 heavy (non-hydrogen) atoms. The fourth-order valence-electron chi connectivity index (χ4n) is 3.44. The van der Waals surface area contributed by atoms with E-state index in [0.29, 0.717) is 35.4 Å². The Morgan fingerprint density at radius 2 is 2.08 bits per heavy atom. The first-order valence-corrected chi connectivity index (χ1v) is 9.02. The average molecular weight is 362 g/mol. The van der Waals surface area contributed by atoms with Crippen LogP contribution in [-0.2, 0) is 0 Å². The molecule has 2 N–H and O–H groups in total. The Bertz CT molecular complexity index is 743.